The van der Waals surface area contributed by atoms with Crippen LogP contribution in [0.25, 0.3) is 11.0 Å². The number of hydrogen-bond acceptors (Lipinski definition) is 8. The van der Waals surface area contributed by atoms with Gasteiger partial charge in [0.2, 0.25) is 0 Å². The van der Waals surface area contributed by atoms with Crippen LogP contribution in [0.1, 0.15) is 63.3 Å². The summed E-state index contributed by atoms with van der Waals surface area (Å²) in [7, 11) is 0. The minimum Gasteiger partial charge on any atom is -0.490 e. The van der Waals surface area contributed by atoms with E-state index in [0.29, 0.717) is 29.8 Å². The number of likely N-dealkylation sites (tertiary alicyclic amines) is 2. The third-order valence-corrected chi connectivity index (χ3v) is 8.45. The van der Waals surface area contributed by atoms with E-state index in [0.717, 1.165) is 56.5 Å². The van der Waals surface area contributed by atoms with Crippen molar-refractivity contribution in [3.05, 3.63) is 101 Å². The Hall–Kier alpha value is -4.79. The summed E-state index contributed by atoms with van der Waals surface area (Å²) >= 11 is -0.750. The van der Waals surface area contributed by atoms with Gasteiger partial charge in [0.15, 0.2) is 5.76 Å². The van der Waals surface area contributed by atoms with Gasteiger partial charge in [0.05, 0.1) is 11.6 Å². The Morgan fingerprint density at radius 2 is 1.61 bits per heavy atom. The van der Waals surface area contributed by atoms with E-state index >= 15 is 0 Å². The molecule has 0 unspecified atom stereocenters. The Morgan fingerprint density at radius 3 is 2.26 bits per heavy atom. The van der Waals surface area contributed by atoms with Gasteiger partial charge in [0, 0.05) is 62.6 Å². The summed E-state index contributed by atoms with van der Waals surface area (Å²) in [6.45, 7) is 5.92. The first-order valence-electron chi connectivity index (χ1n) is 15.4. The summed E-state index contributed by atoms with van der Waals surface area (Å²) in [4.78, 5) is 30.5. The van der Waals surface area contributed by atoms with Crippen molar-refractivity contribution in [2.45, 2.75) is 51.3 Å². The van der Waals surface area contributed by atoms with Crippen LogP contribution in [0.3, 0.4) is 0 Å². The summed E-state index contributed by atoms with van der Waals surface area (Å²) in [5.74, 6) is 0.875. The van der Waals surface area contributed by atoms with Gasteiger partial charge in [0.1, 0.15) is 17.4 Å². The Labute approximate surface area is 271 Å². The van der Waals surface area contributed by atoms with Crippen molar-refractivity contribution < 1.29 is 27.2 Å². The smallest absolute Gasteiger partial charge is 0.335 e. The van der Waals surface area contributed by atoms with Crippen LogP contribution in [-0.4, -0.2) is 68.4 Å². The maximum atomic E-state index is 13.3. The predicted octanol–water partition coefficient (Wildman–Crippen LogP) is 5.02. The van der Waals surface area contributed by atoms with Crippen LogP contribution in [0.5, 0.6) is 5.75 Å². The molecule has 10 nitrogen and oxygen atoms in total. The fourth-order valence-corrected chi connectivity index (χ4v) is 5.89. The molecule has 46 heavy (non-hydrogen) atoms. The first-order chi connectivity index (χ1) is 22.3. The van der Waals surface area contributed by atoms with Gasteiger partial charge in [-0.1, -0.05) is 29.8 Å². The normalized spacial score (nSPS) is 15.8. The lowest BCUT2D eigenvalue weighted by molar-refractivity contribution is 0.0595. The number of piperidine rings is 2. The third-order valence-electron chi connectivity index (χ3n) is 8.45. The molecule has 1 aromatic heterocycles. The van der Waals surface area contributed by atoms with E-state index in [1.165, 1.54) is 11.1 Å². The number of benzene rings is 3. The third kappa shape index (κ3) is 8.47. The number of aryl methyl sites for hydroxylation is 1. The first-order valence-corrected chi connectivity index (χ1v) is 16.0. The summed E-state index contributed by atoms with van der Waals surface area (Å²) in [6, 6.07) is 25.1. The fourth-order valence-electron chi connectivity index (χ4n) is 5.89. The number of hydrogen-bond donors (Lipinski definition) is 1. The highest BCUT2D eigenvalue weighted by molar-refractivity contribution is 7.51. The minimum atomic E-state index is -0.750. The van der Waals surface area contributed by atoms with Gasteiger partial charge >= 0.3 is 11.6 Å². The average Bonchev–Trinajstić information content (AvgIpc) is 3.51. The zero-order valence-corrected chi connectivity index (χ0v) is 26.5. The van der Waals surface area contributed by atoms with E-state index in [1.54, 1.807) is 18.2 Å². The van der Waals surface area contributed by atoms with Crippen LogP contribution in [-0.2, 0) is 18.1 Å². The Kier molecular flexibility index (Phi) is 11.0. The predicted molar refractivity (Wildman–Crippen MR) is 173 cm³/mol. The van der Waals surface area contributed by atoms with Crippen LogP contribution < -0.4 is 10.1 Å². The molecule has 238 valence electrons. The number of nitrogens with one attached hydrogen (secondary N) is 1. The van der Waals surface area contributed by atoms with E-state index in [2.05, 4.69) is 23.2 Å². The number of carbonyl (C=O) groups is 2. The van der Waals surface area contributed by atoms with E-state index in [-0.39, 0.29) is 29.7 Å². The largest absolute Gasteiger partial charge is 0.490 e. The molecule has 2 saturated heterocycles. The number of ether oxygens (including phenoxy) is 1. The van der Waals surface area contributed by atoms with Gasteiger partial charge in [-0.3, -0.25) is 14.5 Å². The summed E-state index contributed by atoms with van der Waals surface area (Å²) in [6.07, 6.45) is 3.37. The van der Waals surface area contributed by atoms with Crippen molar-refractivity contribution in [2.75, 3.05) is 26.2 Å². The van der Waals surface area contributed by atoms with Crippen molar-refractivity contribution in [2.24, 2.45) is 0 Å². The molecular formula is C35H36N4O6S. The van der Waals surface area contributed by atoms with E-state index < -0.39 is 11.6 Å². The SMILES string of the molecule is Cc1ccc(OC2CCN(C(=O)c3ccc4oc(C(=O)NC5CCN(Cc6ccc(C#N)cc6)CC5)cc4c3)CC2)cc1.O=S=O. The van der Waals surface area contributed by atoms with E-state index in [4.69, 9.17) is 22.8 Å². The second-order valence-corrected chi connectivity index (χ2v) is 11.8. The number of nitrogens with zero attached hydrogens (tertiary/aromatic N) is 3. The van der Waals surface area contributed by atoms with Gasteiger partial charge in [-0.25, -0.2) is 0 Å². The summed E-state index contributed by atoms with van der Waals surface area (Å²) in [5.41, 5.74) is 4.22. The molecule has 0 bridgehead atoms. The number of nitriles is 1. The van der Waals surface area contributed by atoms with Crippen molar-refractivity contribution >= 4 is 34.4 Å². The van der Waals surface area contributed by atoms with Gasteiger partial charge in [0.25, 0.3) is 11.8 Å². The number of fused-ring (bicyclic) bond motifs is 1. The molecular weight excluding hydrogens is 604 g/mol. The lowest BCUT2D eigenvalue weighted by atomic mass is 10.0. The fraction of sp³-hybridized carbons (Fsp3) is 0.343. The quantitative estimate of drug-likeness (QED) is 0.298. The highest BCUT2D eigenvalue weighted by Crippen LogP contribution is 2.25. The topological polar surface area (TPSA) is 133 Å². The molecule has 2 aliphatic rings. The van der Waals surface area contributed by atoms with Gasteiger partial charge in [-0.15, -0.1) is 0 Å². The molecule has 1 N–H and O–H groups in total. The molecule has 2 aliphatic heterocycles. The summed E-state index contributed by atoms with van der Waals surface area (Å²) in [5, 5.41) is 12.9. The Morgan fingerprint density at radius 1 is 0.935 bits per heavy atom. The molecule has 2 fully saturated rings. The monoisotopic (exact) mass is 640 g/mol. The summed E-state index contributed by atoms with van der Waals surface area (Å²) < 4.78 is 28.6. The average molecular weight is 641 g/mol. The Bertz CT molecular complexity index is 1730. The molecule has 0 atom stereocenters. The van der Waals surface area contributed by atoms with Crippen LogP contribution in [0.2, 0.25) is 0 Å². The zero-order valence-electron chi connectivity index (χ0n) is 25.6. The van der Waals surface area contributed by atoms with Crippen molar-refractivity contribution in [3.8, 4) is 11.8 Å². The van der Waals surface area contributed by atoms with Gasteiger partial charge < -0.3 is 19.4 Å². The lowest BCUT2D eigenvalue weighted by Crippen LogP contribution is -2.44. The molecule has 3 heterocycles. The van der Waals surface area contributed by atoms with Gasteiger partial charge in [-0.2, -0.15) is 13.7 Å². The van der Waals surface area contributed by atoms with Crippen LogP contribution in [0, 0.1) is 18.3 Å². The molecule has 0 aliphatic carbocycles. The standard InChI is InChI=1S/C35H36N4O4.O2S/c1-24-2-9-30(10-3-24)42-31-14-18-39(19-15-31)35(41)27-8-11-32-28(20-27)21-33(43-32)34(40)37-29-12-16-38(17-13-29)23-26-6-4-25(22-36)5-7-26;1-3-2/h2-11,20-21,29,31H,12-19,23H2,1H3,(H,37,40);. The highest BCUT2D eigenvalue weighted by Gasteiger charge is 2.26. The second-order valence-electron chi connectivity index (χ2n) is 11.7. The van der Waals surface area contributed by atoms with Crippen molar-refractivity contribution in [1.82, 2.24) is 15.1 Å². The van der Waals surface area contributed by atoms with Crippen molar-refractivity contribution in [3.63, 3.8) is 0 Å². The minimum absolute atomic E-state index is 0.0179. The van der Waals surface area contributed by atoms with E-state index in [1.807, 2.05) is 59.5 Å². The molecule has 0 spiro atoms. The first kappa shape index (κ1) is 32.6. The molecule has 0 radical (unpaired) electrons. The molecule has 11 heteroatoms. The Balaban J connectivity index is 0.00000134. The van der Waals surface area contributed by atoms with Crippen LogP contribution in [0.4, 0.5) is 0 Å². The number of rotatable bonds is 7. The zero-order chi connectivity index (χ0) is 32.5. The van der Waals surface area contributed by atoms with Gasteiger partial charge in [-0.05, 0) is 73.9 Å². The lowest BCUT2D eigenvalue weighted by Gasteiger charge is -2.32. The molecule has 3 aromatic carbocycles. The molecule has 6 rings (SSSR count). The number of amides is 2. The number of furan rings is 1. The highest BCUT2D eigenvalue weighted by atomic mass is 32.1. The van der Waals surface area contributed by atoms with Crippen LogP contribution in [0.15, 0.2) is 77.2 Å². The molecule has 2 amide bonds. The van der Waals surface area contributed by atoms with Crippen molar-refractivity contribution in [1.29, 1.82) is 5.26 Å². The number of carbonyl (C=O) groups excluding carboxylic acids is 2. The maximum Gasteiger partial charge on any atom is 0.335 e. The molecule has 0 saturated carbocycles. The second kappa shape index (κ2) is 15.5. The maximum absolute atomic E-state index is 13.3. The molecule has 4 aromatic rings. The van der Waals surface area contributed by atoms with E-state index in [9.17, 15) is 9.59 Å². The van der Waals surface area contributed by atoms with Crippen LogP contribution >= 0.6 is 0 Å².